The van der Waals surface area contributed by atoms with E-state index in [2.05, 4.69) is 15.9 Å². The van der Waals surface area contributed by atoms with Gasteiger partial charge in [0.25, 0.3) is 0 Å². The number of carbonyl (C=O) groups is 1. The Bertz CT molecular complexity index is 766. The van der Waals surface area contributed by atoms with Crippen LogP contribution in [0.5, 0.6) is 0 Å². The molecule has 1 heterocycles. The lowest BCUT2D eigenvalue weighted by Gasteiger charge is -1.95. The summed E-state index contributed by atoms with van der Waals surface area (Å²) in [5, 5.41) is 0.935. The molecule has 0 aliphatic rings. The van der Waals surface area contributed by atoms with Crippen molar-refractivity contribution in [2.75, 3.05) is 0 Å². The lowest BCUT2D eigenvalue weighted by Crippen LogP contribution is -1.90. The number of ketones is 1. The van der Waals surface area contributed by atoms with Gasteiger partial charge in [0.05, 0.1) is 0 Å². The van der Waals surface area contributed by atoms with Crippen LogP contribution in [0.4, 0.5) is 0 Å². The first-order valence-electron chi connectivity index (χ1n) is 6.19. The van der Waals surface area contributed by atoms with Crippen LogP contribution in [0.1, 0.15) is 16.1 Å². The van der Waals surface area contributed by atoms with Gasteiger partial charge in [0.1, 0.15) is 5.58 Å². The predicted molar refractivity (Wildman–Crippen MR) is 83.7 cm³/mol. The molecule has 3 rings (SSSR count). The van der Waals surface area contributed by atoms with Crippen molar-refractivity contribution in [3.8, 4) is 0 Å². The summed E-state index contributed by atoms with van der Waals surface area (Å²) in [7, 11) is 0. The summed E-state index contributed by atoms with van der Waals surface area (Å²) in [5.74, 6) is 0.214. The molecular formula is C17H11BrO2. The molecule has 0 spiro atoms. The van der Waals surface area contributed by atoms with E-state index >= 15 is 0 Å². The summed E-state index contributed by atoms with van der Waals surface area (Å²) in [5.41, 5.74) is 1.68. The Kier molecular flexibility index (Phi) is 3.52. The van der Waals surface area contributed by atoms with Crippen molar-refractivity contribution in [2.45, 2.75) is 0 Å². The summed E-state index contributed by atoms with van der Waals surface area (Å²) >= 11 is 3.44. The monoisotopic (exact) mass is 326 g/mol. The molecule has 98 valence electrons. The first kappa shape index (κ1) is 12.9. The third kappa shape index (κ3) is 2.58. The van der Waals surface area contributed by atoms with Gasteiger partial charge < -0.3 is 4.42 Å². The van der Waals surface area contributed by atoms with E-state index in [4.69, 9.17) is 4.42 Å². The molecule has 0 fully saturated rings. The number of allylic oxidation sites excluding steroid dienone is 1. The lowest BCUT2D eigenvalue weighted by molar-refractivity contribution is 0.102. The minimum Gasteiger partial charge on any atom is -0.453 e. The highest BCUT2D eigenvalue weighted by Gasteiger charge is 2.09. The quantitative estimate of drug-likeness (QED) is 0.495. The number of carbonyl (C=O) groups excluding carboxylic acids is 1. The Morgan fingerprint density at radius 3 is 2.60 bits per heavy atom. The van der Waals surface area contributed by atoms with Crippen LogP contribution in [0, 0.1) is 0 Å². The fraction of sp³-hybridized carbons (Fsp3) is 0. The van der Waals surface area contributed by atoms with Crippen LogP contribution in [0.3, 0.4) is 0 Å². The van der Waals surface area contributed by atoms with Crippen LogP contribution in [-0.2, 0) is 0 Å². The maximum atomic E-state index is 12.1. The molecule has 0 aliphatic heterocycles. The summed E-state index contributed by atoms with van der Waals surface area (Å²) in [6.45, 7) is 0. The average Bonchev–Trinajstić information content (AvgIpc) is 2.90. The van der Waals surface area contributed by atoms with E-state index in [1.54, 1.807) is 12.1 Å². The Hall–Kier alpha value is -2.13. The van der Waals surface area contributed by atoms with Gasteiger partial charge in [0.15, 0.2) is 5.76 Å². The Labute approximate surface area is 124 Å². The van der Waals surface area contributed by atoms with Crippen molar-refractivity contribution in [1.29, 1.82) is 0 Å². The molecule has 0 radical (unpaired) electrons. The molecular weight excluding hydrogens is 316 g/mol. The zero-order chi connectivity index (χ0) is 13.9. The van der Waals surface area contributed by atoms with Crippen LogP contribution in [0.15, 0.2) is 69.6 Å². The summed E-state index contributed by atoms with van der Waals surface area (Å²) in [6.07, 6.45) is 3.30. The lowest BCUT2D eigenvalue weighted by atomic mass is 10.2. The molecule has 0 atom stereocenters. The van der Waals surface area contributed by atoms with Crippen molar-refractivity contribution >= 4 is 38.8 Å². The molecule has 0 N–H and O–H groups in total. The van der Waals surface area contributed by atoms with E-state index in [0.717, 1.165) is 21.0 Å². The summed E-state index contributed by atoms with van der Waals surface area (Å²) in [6, 6.07) is 17.1. The second-order valence-corrected chi connectivity index (χ2v) is 5.22. The maximum absolute atomic E-state index is 12.1. The fourth-order valence-corrected chi connectivity index (χ4v) is 2.38. The Morgan fingerprint density at radius 1 is 1.05 bits per heavy atom. The number of furan rings is 1. The molecule has 0 saturated carbocycles. The van der Waals surface area contributed by atoms with Crippen LogP contribution in [0.2, 0.25) is 0 Å². The molecule has 0 aliphatic carbocycles. The minimum atomic E-state index is -0.142. The normalized spacial score (nSPS) is 11.2. The molecule has 0 unspecified atom stereocenters. The highest BCUT2D eigenvalue weighted by molar-refractivity contribution is 9.10. The smallest absolute Gasteiger partial charge is 0.221 e. The number of fused-ring (bicyclic) bond motifs is 1. The van der Waals surface area contributed by atoms with Gasteiger partial charge in [-0.1, -0.05) is 52.3 Å². The molecule has 0 saturated heterocycles. The van der Waals surface area contributed by atoms with Gasteiger partial charge in [-0.2, -0.15) is 0 Å². The van der Waals surface area contributed by atoms with Gasteiger partial charge in [-0.3, -0.25) is 4.79 Å². The predicted octanol–water partition coefficient (Wildman–Crippen LogP) is 5.09. The van der Waals surface area contributed by atoms with Crippen LogP contribution in [0.25, 0.3) is 17.0 Å². The molecule has 1 aromatic heterocycles. The number of hydrogen-bond donors (Lipinski definition) is 0. The van der Waals surface area contributed by atoms with Crippen LogP contribution < -0.4 is 0 Å². The van der Waals surface area contributed by atoms with Gasteiger partial charge in [-0.25, -0.2) is 0 Å². The average molecular weight is 327 g/mol. The molecule has 3 heteroatoms. The number of benzene rings is 2. The number of rotatable bonds is 3. The highest BCUT2D eigenvalue weighted by atomic mass is 79.9. The van der Waals surface area contributed by atoms with E-state index in [0.29, 0.717) is 5.76 Å². The van der Waals surface area contributed by atoms with Gasteiger partial charge in [0, 0.05) is 9.86 Å². The second kappa shape index (κ2) is 5.47. The van der Waals surface area contributed by atoms with Crippen LogP contribution in [-0.4, -0.2) is 5.78 Å². The van der Waals surface area contributed by atoms with E-state index in [-0.39, 0.29) is 5.78 Å². The number of para-hydroxylation sites is 1. The van der Waals surface area contributed by atoms with Crippen molar-refractivity contribution in [3.05, 3.63) is 76.5 Å². The first-order chi connectivity index (χ1) is 9.74. The third-order valence-electron chi connectivity index (χ3n) is 2.99. The van der Waals surface area contributed by atoms with Crippen molar-refractivity contribution in [3.63, 3.8) is 0 Å². The van der Waals surface area contributed by atoms with Gasteiger partial charge in [-0.05, 0) is 35.9 Å². The SMILES string of the molecule is O=C(C=Cc1ccccc1Br)c1cc2ccccc2o1. The molecule has 20 heavy (non-hydrogen) atoms. The fourth-order valence-electron chi connectivity index (χ4n) is 1.96. The van der Waals surface area contributed by atoms with Crippen molar-refractivity contribution in [2.24, 2.45) is 0 Å². The maximum Gasteiger partial charge on any atom is 0.221 e. The standard InChI is InChI=1S/C17H11BrO2/c18-14-7-3-1-5-12(14)9-10-15(19)17-11-13-6-2-4-8-16(13)20-17/h1-11H. The van der Waals surface area contributed by atoms with E-state index in [9.17, 15) is 4.79 Å². The third-order valence-corrected chi connectivity index (χ3v) is 3.71. The van der Waals surface area contributed by atoms with Gasteiger partial charge in [-0.15, -0.1) is 0 Å². The molecule has 0 amide bonds. The topological polar surface area (TPSA) is 30.2 Å². The van der Waals surface area contributed by atoms with E-state index < -0.39 is 0 Å². The molecule has 2 aromatic carbocycles. The molecule has 3 aromatic rings. The van der Waals surface area contributed by atoms with E-state index in [1.807, 2.05) is 48.5 Å². The Morgan fingerprint density at radius 2 is 1.80 bits per heavy atom. The largest absolute Gasteiger partial charge is 0.453 e. The number of hydrogen-bond acceptors (Lipinski definition) is 2. The minimum absolute atomic E-state index is 0.142. The zero-order valence-electron chi connectivity index (χ0n) is 10.5. The molecule has 2 nitrogen and oxygen atoms in total. The summed E-state index contributed by atoms with van der Waals surface area (Å²) < 4.78 is 6.49. The van der Waals surface area contributed by atoms with Gasteiger partial charge in [0.2, 0.25) is 5.78 Å². The van der Waals surface area contributed by atoms with Gasteiger partial charge >= 0.3 is 0 Å². The van der Waals surface area contributed by atoms with Crippen molar-refractivity contribution < 1.29 is 9.21 Å². The summed E-state index contributed by atoms with van der Waals surface area (Å²) in [4.78, 5) is 12.1. The first-order valence-corrected chi connectivity index (χ1v) is 6.99. The van der Waals surface area contributed by atoms with Crippen molar-refractivity contribution in [1.82, 2.24) is 0 Å². The van der Waals surface area contributed by atoms with E-state index in [1.165, 1.54) is 6.08 Å². The second-order valence-electron chi connectivity index (χ2n) is 4.37. The number of halogens is 1. The Balaban J connectivity index is 1.88. The zero-order valence-corrected chi connectivity index (χ0v) is 12.1. The molecule has 0 bridgehead atoms. The highest BCUT2D eigenvalue weighted by Crippen LogP contribution is 2.21. The van der Waals surface area contributed by atoms with Crippen LogP contribution >= 0.6 is 15.9 Å².